The van der Waals surface area contributed by atoms with E-state index in [4.69, 9.17) is 14.9 Å². The molecule has 0 saturated heterocycles. The van der Waals surface area contributed by atoms with E-state index >= 15 is 0 Å². The van der Waals surface area contributed by atoms with Crippen LogP contribution >= 0.6 is 0 Å². The van der Waals surface area contributed by atoms with Gasteiger partial charge in [-0.3, -0.25) is 4.98 Å². The van der Waals surface area contributed by atoms with Crippen LogP contribution in [0.15, 0.2) is 65.9 Å². The Balaban J connectivity index is 1.60. The third-order valence-corrected chi connectivity index (χ3v) is 4.62. The van der Waals surface area contributed by atoms with Crippen molar-refractivity contribution < 1.29 is 9.94 Å². The zero-order valence-corrected chi connectivity index (χ0v) is 16.2. The molecule has 2 heterocycles. The zero-order valence-electron chi connectivity index (χ0n) is 16.2. The van der Waals surface area contributed by atoms with Crippen LogP contribution in [0, 0.1) is 0 Å². The SMILES string of the molecule is CCc1cccc(Nc2nc3cc(Oc4ccnc(/C=N\O)c4)ccc3n2C)c1. The Bertz CT molecular complexity index is 1180. The summed E-state index contributed by atoms with van der Waals surface area (Å²) in [6, 6.07) is 17.5. The Morgan fingerprint density at radius 3 is 2.83 bits per heavy atom. The van der Waals surface area contributed by atoms with Crippen molar-refractivity contribution in [1.29, 1.82) is 0 Å². The van der Waals surface area contributed by atoms with Crippen LogP contribution in [0.3, 0.4) is 0 Å². The second-order valence-corrected chi connectivity index (χ2v) is 6.59. The number of oxime groups is 1. The van der Waals surface area contributed by atoms with Gasteiger partial charge in [-0.15, -0.1) is 0 Å². The van der Waals surface area contributed by atoms with E-state index < -0.39 is 0 Å². The van der Waals surface area contributed by atoms with Gasteiger partial charge >= 0.3 is 0 Å². The molecule has 29 heavy (non-hydrogen) atoms. The van der Waals surface area contributed by atoms with Gasteiger partial charge in [0.05, 0.1) is 22.9 Å². The Kier molecular flexibility index (Phi) is 5.11. The monoisotopic (exact) mass is 387 g/mol. The Hall–Kier alpha value is -3.87. The fourth-order valence-corrected chi connectivity index (χ4v) is 3.11. The third-order valence-electron chi connectivity index (χ3n) is 4.62. The molecule has 0 unspecified atom stereocenters. The van der Waals surface area contributed by atoms with Crippen molar-refractivity contribution in [2.75, 3.05) is 5.32 Å². The minimum Gasteiger partial charge on any atom is -0.457 e. The Morgan fingerprint density at radius 1 is 1.14 bits per heavy atom. The number of anilines is 2. The van der Waals surface area contributed by atoms with Crippen molar-refractivity contribution in [3.05, 3.63) is 72.1 Å². The van der Waals surface area contributed by atoms with E-state index in [1.807, 2.05) is 41.9 Å². The Morgan fingerprint density at radius 2 is 2.00 bits per heavy atom. The average Bonchev–Trinajstić information content (AvgIpc) is 3.03. The fraction of sp³-hybridized carbons (Fsp3) is 0.136. The second-order valence-electron chi connectivity index (χ2n) is 6.59. The van der Waals surface area contributed by atoms with E-state index in [2.05, 4.69) is 34.5 Å². The summed E-state index contributed by atoms with van der Waals surface area (Å²) < 4.78 is 7.93. The summed E-state index contributed by atoms with van der Waals surface area (Å²) >= 11 is 0. The maximum Gasteiger partial charge on any atom is 0.208 e. The Labute approximate surface area is 168 Å². The van der Waals surface area contributed by atoms with Crippen molar-refractivity contribution in [2.24, 2.45) is 12.2 Å². The van der Waals surface area contributed by atoms with Gasteiger partial charge in [0.1, 0.15) is 11.5 Å². The molecule has 146 valence electrons. The van der Waals surface area contributed by atoms with Crippen LogP contribution in [-0.2, 0) is 13.5 Å². The quantitative estimate of drug-likeness (QED) is 0.280. The van der Waals surface area contributed by atoms with Crippen LogP contribution < -0.4 is 10.1 Å². The number of nitrogens with one attached hydrogen (secondary N) is 1. The fourth-order valence-electron chi connectivity index (χ4n) is 3.11. The minimum absolute atomic E-state index is 0.504. The van der Waals surface area contributed by atoms with Gasteiger partial charge in [-0.25, -0.2) is 4.98 Å². The summed E-state index contributed by atoms with van der Waals surface area (Å²) in [7, 11) is 1.98. The molecule has 2 aromatic heterocycles. The minimum atomic E-state index is 0.504. The highest BCUT2D eigenvalue weighted by Crippen LogP contribution is 2.28. The predicted octanol–water partition coefficient (Wildman–Crippen LogP) is 4.87. The zero-order chi connectivity index (χ0) is 20.2. The van der Waals surface area contributed by atoms with Crippen LogP contribution in [0.25, 0.3) is 11.0 Å². The first-order valence-corrected chi connectivity index (χ1v) is 9.30. The van der Waals surface area contributed by atoms with E-state index in [1.54, 1.807) is 18.3 Å². The first-order valence-electron chi connectivity index (χ1n) is 9.30. The number of hydrogen-bond acceptors (Lipinski definition) is 6. The second kappa shape index (κ2) is 8.02. The maximum absolute atomic E-state index is 8.65. The number of benzene rings is 2. The molecule has 4 rings (SSSR count). The molecule has 0 aliphatic heterocycles. The molecular formula is C22H21N5O2. The molecule has 0 aliphatic carbocycles. The van der Waals surface area contributed by atoms with Gasteiger partial charge in [0.15, 0.2) is 0 Å². The smallest absolute Gasteiger partial charge is 0.208 e. The summed E-state index contributed by atoms with van der Waals surface area (Å²) in [5, 5.41) is 15.0. The molecule has 7 heteroatoms. The molecule has 0 fully saturated rings. The van der Waals surface area contributed by atoms with Crippen molar-refractivity contribution in [2.45, 2.75) is 13.3 Å². The number of hydrogen-bond donors (Lipinski definition) is 2. The van der Waals surface area contributed by atoms with Gasteiger partial charge in [0.2, 0.25) is 5.95 Å². The number of aryl methyl sites for hydroxylation is 2. The van der Waals surface area contributed by atoms with Crippen LogP contribution in [-0.4, -0.2) is 26.0 Å². The molecule has 2 N–H and O–H groups in total. The highest BCUT2D eigenvalue weighted by molar-refractivity contribution is 5.81. The predicted molar refractivity (Wildman–Crippen MR) is 114 cm³/mol. The van der Waals surface area contributed by atoms with Crippen molar-refractivity contribution in [1.82, 2.24) is 14.5 Å². The normalized spacial score (nSPS) is 11.2. The van der Waals surface area contributed by atoms with E-state index in [1.165, 1.54) is 11.8 Å². The molecule has 2 aromatic carbocycles. The summed E-state index contributed by atoms with van der Waals surface area (Å²) in [6.45, 7) is 2.14. The van der Waals surface area contributed by atoms with Gasteiger partial charge in [-0.05, 0) is 42.3 Å². The lowest BCUT2D eigenvalue weighted by molar-refractivity contribution is 0.321. The molecule has 0 aliphatic rings. The molecule has 0 bridgehead atoms. The van der Waals surface area contributed by atoms with Crippen molar-refractivity contribution in [3.8, 4) is 11.5 Å². The summed E-state index contributed by atoms with van der Waals surface area (Å²) in [5.74, 6) is 2.02. The van der Waals surface area contributed by atoms with Gasteiger partial charge in [-0.1, -0.05) is 24.2 Å². The number of imidazole rings is 1. The number of ether oxygens (including phenoxy) is 1. The molecule has 4 aromatic rings. The topological polar surface area (TPSA) is 84.6 Å². The van der Waals surface area contributed by atoms with Crippen molar-refractivity contribution in [3.63, 3.8) is 0 Å². The first-order chi connectivity index (χ1) is 14.2. The highest BCUT2D eigenvalue weighted by Gasteiger charge is 2.10. The van der Waals surface area contributed by atoms with Crippen LogP contribution in [0.4, 0.5) is 11.6 Å². The molecule has 0 radical (unpaired) electrons. The van der Waals surface area contributed by atoms with Crippen molar-refractivity contribution >= 4 is 28.9 Å². The van der Waals surface area contributed by atoms with E-state index in [0.717, 1.165) is 29.1 Å². The average molecular weight is 387 g/mol. The maximum atomic E-state index is 8.65. The van der Waals surface area contributed by atoms with E-state index in [9.17, 15) is 0 Å². The summed E-state index contributed by atoms with van der Waals surface area (Å²) in [5.41, 5.74) is 4.60. The lowest BCUT2D eigenvalue weighted by Crippen LogP contribution is -1.99. The first kappa shape index (κ1) is 18.5. The largest absolute Gasteiger partial charge is 0.457 e. The number of fused-ring (bicyclic) bond motifs is 1. The van der Waals surface area contributed by atoms with Crippen LogP contribution in [0.2, 0.25) is 0 Å². The summed E-state index contributed by atoms with van der Waals surface area (Å²) in [4.78, 5) is 8.79. The number of rotatable bonds is 6. The molecule has 0 amide bonds. The lowest BCUT2D eigenvalue weighted by Gasteiger charge is -2.07. The van der Waals surface area contributed by atoms with Gasteiger partial charge in [-0.2, -0.15) is 0 Å². The van der Waals surface area contributed by atoms with Crippen LogP contribution in [0.5, 0.6) is 11.5 Å². The number of aromatic nitrogens is 3. The number of pyridine rings is 1. The van der Waals surface area contributed by atoms with Gasteiger partial charge < -0.3 is 19.8 Å². The molecule has 7 nitrogen and oxygen atoms in total. The van der Waals surface area contributed by atoms with Crippen LogP contribution in [0.1, 0.15) is 18.2 Å². The summed E-state index contributed by atoms with van der Waals surface area (Å²) in [6.07, 6.45) is 3.83. The van der Waals surface area contributed by atoms with Gasteiger partial charge in [0, 0.05) is 31.1 Å². The number of nitrogens with zero attached hydrogens (tertiary/aromatic N) is 4. The van der Waals surface area contributed by atoms with Gasteiger partial charge in [0.25, 0.3) is 0 Å². The highest BCUT2D eigenvalue weighted by atomic mass is 16.5. The van der Waals surface area contributed by atoms with E-state index in [-0.39, 0.29) is 0 Å². The third kappa shape index (κ3) is 4.03. The molecule has 0 spiro atoms. The molecule has 0 atom stereocenters. The lowest BCUT2D eigenvalue weighted by atomic mass is 10.1. The molecular weight excluding hydrogens is 366 g/mol. The standard InChI is InChI=1S/C22H21N5O2/c1-3-15-5-4-6-16(11-15)25-22-26-20-13-18(7-8-21(20)27(22)2)29-19-9-10-23-17(12-19)14-24-28/h4-14,28H,3H2,1-2H3,(H,25,26)/b24-14-. The molecule has 0 saturated carbocycles. The van der Waals surface area contributed by atoms with E-state index in [0.29, 0.717) is 17.2 Å².